The van der Waals surface area contributed by atoms with Gasteiger partial charge in [-0.2, -0.15) is 0 Å². The first kappa shape index (κ1) is 16.3. The highest BCUT2D eigenvalue weighted by Gasteiger charge is 2.28. The van der Waals surface area contributed by atoms with Gasteiger partial charge in [0.15, 0.2) is 0 Å². The summed E-state index contributed by atoms with van der Waals surface area (Å²) < 4.78 is 1.82. The van der Waals surface area contributed by atoms with Crippen molar-refractivity contribution in [1.82, 2.24) is 14.5 Å². The van der Waals surface area contributed by atoms with Gasteiger partial charge >= 0.3 is 5.69 Å². The van der Waals surface area contributed by atoms with E-state index in [9.17, 15) is 9.59 Å². The Hall–Kier alpha value is -2.56. The van der Waals surface area contributed by atoms with Gasteiger partial charge in [0.05, 0.1) is 17.1 Å². The number of hydrogen-bond donors (Lipinski definition) is 2. The van der Waals surface area contributed by atoms with Crippen LogP contribution in [0, 0.1) is 0 Å². The number of benzene rings is 1. The number of imidazole rings is 1. The zero-order valence-electron chi connectivity index (χ0n) is 13.6. The molecule has 6 nitrogen and oxygen atoms in total. The molecule has 1 aromatic heterocycles. The highest BCUT2D eigenvalue weighted by molar-refractivity contribution is 5.82. The van der Waals surface area contributed by atoms with Crippen molar-refractivity contribution in [1.29, 1.82) is 0 Å². The van der Waals surface area contributed by atoms with Gasteiger partial charge in [0, 0.05) is 19.1 Å². The minimum absolute atomic E-state index is 0.0498. The van der Waals surface area contributed by atoms with E-state index in [1.165, 1.54) is 0 Å². The fraction of sp³-hybridized carbons (Fsp3) is 0.389. The number of fused-ring (bicyclic) bond motifs is 1. The Morgan fingerprint density at radius 1 is 1.42 bits per heavy atom. The van der Waals surface area contributed by atoms with Crippen molar-refractivity contribution in [2.75, 3.05) is 13.1 Å². The summed E-state index contributed by atoms with van der Waals surface area (Å²) in [6, 6.07) is 7.23. The largest absolute Gasteiger partial charge is 0.341 e. The summed E-state index contributed by atoms with van der Waals surface area (Å²) in [5, 5.41) is 0. The molecule has 6 heteroatoms. The molecule has 1 amide bonds. The minimum atomic E-state index is -0.549. The molecule has 0 bridgehead atoms. The van der Waals surface area contributed by atoms with E-state index in [0.29, 0.717) is 19.5 Å². The molecule has 3 rings (SSSR count). The van der Waals surface area contributed by atoms with Gasteiger partial charge in [0.1, 0.15) is 0 Å². The first-order valence-corrected chi connectivity index (χ1v) is 8.19. The molecule has 3 N–H and O–H groups in total. The highest BCUT2D eigenvalue weighted by atomic mass is 16.2. The number of carbonyl (C=O) groups excluding carboxylic acids is 1. The van der Waals surface area contributed by atoms with Crippen molar-refractivity contribution in [2.45, 2.75) is 31.3 Å². The third-order valence-corrected chi connectivity index (χ3v) is 4.60. The van der Waals surface area contributed by atoms with Crippen LogP contribution in [0.4, 0.5) is 0 Å². The second kappa shape index (κ2) is 6.91. The van der Waals surface area contributed by atoms with Crippen LogP contribution in [0.3, 0.4) is 0 Å². The Bertz CT molecular complexity index is 836. The first-order valence-electron chi connectivity index (χ1n) is 8.19. The van der Waals surface area contributed by atoms with Crippen LogP contribution in [0.2, 0.25) is 0 Å². The number of likely N-dealkylation sites (tertiary alicyclic amines) is 1. The molecule has 24 heavy (non-hydrogen) atoms. The van der Waals surface area contributed by atoms with E-state index in [1.54, 1.807) is 11.0 Å². The smallest absolute Gasteiger partial charge is 0.326 e. The van der Waals surface area contributed by atoms with Gasteiger partial charge in [-0.25, -0.2) is 4.79 Å². The predicted molar refractivity (Wildman–Crippen MR) is 93.7 cm³/mol. The average Bonchev–Trinajstić information content (AvgIpc) is 2.95. The molecule has 126 valence electrons. The summed E-state index contributed by atoms with van der Waals surface area (Å²) in [7, 11) is 0. The van der Waals surface area contributed by atoms with Crippen molar-refractivity contribution in [3.8, 4) is 0 Å². The van der Waals surface area contributed by atoms with Gasteiger partial charge in [-0.05, 0) is 37.5 Å². The molecule has 1 saturated heterocycles. The standard InChI is InChI=1S/C18H22N4O2/c1-2-3-6-14(19)17(23)21-11-9-13(10-12-21)22-16-8-5-4-7-15(16)20-18(22)24/h3-5,7-8,13-14H,1,6,9-12,19H2,(H,20,24). The number of hydrogen-bond acceptors (Lipinski definition) is 3. The Morgan fingerprint density at radius 2 is 2.12 bits per heavy atom. The third kappa shape index (κ3) is 3.07. The topological polar surface area (TPSA) is 84.1 Å². The van der Waals surface area contributed by atoms with Crippen molar-refractivity contribution in [2.24, 2.45) is 5.73 Å². The SMILES string of the molecule is C=C=CCC(N)C(=O)N1CCC(n2c(=O)[nH]c3ccccc32)CC1. The van der Waals surface area contributed by atoms with Crippen LogP contribution in [-0.2, 0) is 4.79 Å². The summed E-state index contributed by atoms with van der Waals surface area (Å²) in [6.07, 6.45) is 3.63. The molecule has 1 atom stereocenters. The molecule has 1 aliphatic rings. The van der Waals surface area contributed by atoms with Gasteiger partial charge in [0.2, 0.25) is 5.91 Å². The Kier molecular flexibility index (Phi) is 4.69. The molecular formula is C18H22N4O2. The van der Waals surface area contributed by atoms with Gasteiger partial charge in [-0.1, -0.05) is 18.7 Å². The first-order chi connectivity index (χ1) is 11.6. The lowest BCUT2D eigenvalue weighted by Crippen LogP contribution is -2.47. The lowest BCUT2D eigenvalue weighted by Gasteiger charge is -2.33. The van der Waals surface area contributed by atoms with Crippen LogP contribution in [0.5, 0.6) is 0 Å². The molecule has 0 saturated carbocycles. The fourth-order valence-corrected chi connectivity index (χ4v) is 3.33. The van der Waals surface area contributed by atoms with Crippen LogP contribution in [0.25, 0.3) is 11.0 Å². The number of nitrogens with one attached hydrogen (secondary N) is 1. The third-order valence-electron chi connectivity index (χ3n) is 4.60. The summed E-state index contributed by atoms with van der Waals surface area (Å²) in [4.78, 5) is 29.3. The molecular weight excluding hydrogens is 304 g/mol. The van der Waals surface area contributed by atoms with E-state index in [4.69, 9.17) is 5.73 Å². The number of rotatable bonds is 4. The van der Waals surface area contributed by atoms with Gasteiger partial charge in [0.25, 0.3) is 0 Å². The van der Waals surface area contributed by atoms with Gasteiger partial charge < -0.3 is 15.6 Å². The zero-order chi connectivity index (χ0) is 17.1. The monoisotopic (exact) mass is 326 g/mol. The molecule has 0 spiro atoms. The van der Waals surface area contributed by atoms with Crippen molar-refractivity contribution < 1.29 is 4.79 Å². The second-order valence-electron chi connectivity index (χ2n) is 6.12. The number of carbonyl (C=O) groups is 1. The highest BCUT2D eigenvalue weighted by Crippen LogP contribution is 2.25. The molecule has 1 fully saturated rings. The van der Waals surface area contributed by atoms with E-state index >= 15 is 0 Å². The number of aromatic nitrogens is 2. The van der Waals surface area contributed by atoms with E-state index in [-0.39, 0.29) is 17.6 Å². The van der Waals surface area contributed by atoms with E-state index in [0.717, 1.165) is 23.9 Å². The number of piperidine rings is 1. The number of H-pyrrole nitrogens is 1. The molecule has 1 unspecified atom stereocenters. The Balaban J connectivity index is 1.71. The number of aromatic amines is 1. The van der Waals surface area contributed by atoms with Crippen LogP contribution < -0.4 is 11.4 Å². The lowest BCUT2D eigenvalue weighted by molar-refractivity contribution is -0.133. The van der Waals surface area contributed by atoms with Crippen LogP contribution in [-0.4, -0.2) is 39.5 Å². The van der Waals surface area contributed by atoms with E-state index < -0.39 is 6.04 Å². The number of nitrogens with zero attached hydrogens (tertiary/aromatic N) is 2. The molecule has 1 aromatic carbocycles. The van der Waals surface area contributed by atoms with Gasteiger partial charge in [-0.3, -0.25) is 9.36 Å². The molecule has 0 aliphatic carbocycles. The molecule has 2 heterocycles. The minimum Gasteiger partial charge on any atom is -0.341 e. The number of amides is 1. The second-order valence-corrected chi connectivity index (χ2v) is 6.12. The average molecular weight is 326 g/mol. The number of para-hydroxylation sites is 2. The Labute approximate surface area is 140 Å². The van der Waals surface area contributed by atoms with Crippen molar-refractivity contribution in [3.63, 3.8) is 0 Å². The van der Waals surface area contributed by atoms with Crippen molar-refractivity contribution in [3.05, 3.63) is 53.1 Å². The quantitative estimate of drug-likeness (QED) is 0.836. The maximum Gasteiger partial charge on any atom is 0.326 e. The maximum absolute atomic E-state index is 12.3. The lowest BCUT2D eigenvalue weighted by atomic mass is 10.0. The molecule has 1 aliphatic heterocycles. The van der Waals surface area contributed by atoms with Gasteiger partial charge in [-0.15, -0.1) is 5.73 Å². The van der Waals surface area contributed by atoms with E-state index in [1.807, 2.05) is 28.8 Å². The summed E-state index contributed by atoms with van der Waals surface area (Å²) in [5.74, 6) is -0.0498. The van der Waals surface area contributed by atoms with Crippen LogP contribution in [0.15, 0.2) is 47.4 Å². The predicted octanol–water partition coefficient (Wildman–Crippen LogP) is 1.55. The fourth-order valence-electron chi connectivity index (χ4n) is 3.33. The van der Waals surface area contributed by atoms with Crippen LogP contribution >= 0.6 is 0 Å². The van der Waals surface area contributed by atoms with Crippen LogP contribution in [0.1, 0.15) is 25.3 Å². The summed E-state index contributed by atoms with van der Waals surface area (Å²) in [6.45, 7) is 4.70. The molecule has 0 radical (unpaired) electrons. The summed E-state index contributed by atoms with van der Waals surface area (Å²) >= 11 is 0. The molecule has 2 aromatic rings. The zero-order valence-corrected chi connectivity index (χ0v) is 13.6. The maximum atomic E-state index is 12.3. The number of nitrogens with two attached hydrogens (primary N) is 1. The summed E-state index contributed by atoms with van der Waals surface area (Å²) in [5.41, 5.74) is 10.2. The normalized spacial score (nSPS) is 16.8. The van der Waals surface area contributed by atoms with Crippen molar-refractivity contribution >= 4 is 16.9 Å². The van der Waals surface area contributed by atoms with E-state index in [2.05, 4.69) is 17.3 Å². The Morgan fingerprint density at radius 3 is 2.83 bits per heavy atom.